The van der Waals surface area contributed by atoms with Crippen molar-refractivity contribution in [3.63, 3.8) is 0 Å². The Kier molecular flexibility index (Phi) is 5.32. The Hall–Kier alpha value is -3.35. The fourth-order valence-electron chi connectivity index (χ4n) is 4.29. The van der Waals surface area contributed by atoms with E-state index in [1.165, 1.54) is 0 Å². The highest BCUT2D eigenvalue weighted by molar-refractivity contribution is 5.94. The average Bonchev–Trinajstić information content (AvgIpc) is 3.46. The predicted molar refractivity (Wildman–Crippen MR) is 116 cm³/mol. The van der Waals surface area contributed by atoms with Crippen LogP contribution in [0.5, 0.6) is 5.75 Å². The van der Waals surface area contributed by atoms with Crippen LogP contribution in [0.1, 0.15) is 36.6 Å². The molecule has 5 rings (SSSR count). The molecule has 2 aliphatic heterocycles. The minimum atomic E-state index is -0.546. The summed E-state index contributed by atoms with van der Waals surface area (Å²) in [6.45, 7) is 1.32. The van der Waals surface area contributed by atoms with E-state index < -0.39 is 6.10 Å². The molecule has 3 aromatic rings. The summed E-state index contributed by atoms with van der Waals surface area (Å²) >= 11 is 0. The highest BCUT2D eigenvalue weighted by Crippen LogP contribution is 2.30. The van der Waals surface area contributed by atoms with E-state index in [0.29, 0.717) is 25.3 Å². The molecule has 2 atom stereocenters. The molecule has 7 heteroatoms. The van der Waals surface area contributed by atoms with Crippen molar-refractivity contribution in [2.24, 2.45) is 5.16 Å². The van der Waals surface area contributed by atoms with E-state index >= 15 is 0 Å². The lowest BCUT2D eigenvalue weighted by atomic mass is 9.97. The van der Waals surface area contributed by atoms with Crippen LogP contribution >= 0.6 is 0 Å². The number of hydrogen-bond donors (Lipinski definition) is 0. The number of hydrogen-bond acceptors (Lipinski definition) is 6. The first kappa shape index (κ1) is 19.6. The number of rotatable bonds is 5. The molecule has 7 nitrogen and oxygen atoms in total. The number of methoxy groups -OCH3 is 1. The minimum absolute atomic E-state index is 0.00529. The van der Waals surface area contributed by atoms with E-state index in [1.54, 1.807) is 7.11 Å². The number of oxazole rings is 1. The van der Waals surface area contributed by atoms with Crippen molar-refractivity contribution in [1.29, 1.82) is 0 Å². The number of carbonyl (C=O) groups excluding carboxylic acids is 1. The smallest absolute Gasteiger partial charge is 0.266 e. The van der Waals surface area contributed by atoms with Gasteiger partial charge in [0.15, 0.2) is 11.5 Å². The summed E-state index contributed by atoms with van der Waals surface area (Å²) in [6.07, 6.45) is 2.52. The average molecular weight is 419 g/mol. The SMILES string of the molecule is COc1ccc(CC2=NOC(C(=O)N3CCCC(c4nc5ccccc5o4)C3)C2)cc1. The molecule has 0 radical (unpaired) electrons. The van der Waals surface area contributed by atoms with Gasteiger partial charge in [0.2, 0.25) is 6.10 Å². The first-order valence-corrected chi connectivity index (χ1v) is 10.7. The Bertz CT molecular complexity index is 1070. The van der Waals surface area contributed by atoms with E-state index in [2.05, 4.69) is 10.1 Å². The van der Waals surface area contributed by atoms with Crippen LogP contribution in [-0.4, -0.2) is 47.8 Å². The van der Waals surface area contributed by atoms with Crippen LogP contribution < -0.4 is 4.74 Å². The summed E-state index contributed by atoms with van der Waals surface area (Å²) in [6, 6.07) is 15.6. The van der Waals surface area contributed by atoms with Crippen molar-refractivity contribution < 1.29 is 18.8 Å². The number of likely N-dealkylation sites (tertiary alicyclic amines) is 1. The monoisotopic (exact) mass is 419 g/mol. The number of para-hydroxylation sites is 2. The van der Waals surface area contributed by atoms with Gasteiger partial charge in [0.25, 0.3) is 5.91 Å². The molecule has 2 aromatic carbocycles. The third-order valence-corrected chi connectivity index (χ3v) is 5.97. The van der Waals surface area contributed by atoms with Gasteiger partial charge in [-0.3, -0.25) is 4.79 Å². The van der Waals surface area contributed by atoms with Crippen molar-refractivity contribution in [2.75, 3.05) is 20.2 Å². The van der Waals surface area contributed by atoms with Gasteiger partial charge in [-0.25, -0.2) is 4.98 Å². The summed E-state index contributed by atoms with van der Waals surface area (Å²) in [5, 5.41) is 4.18. The maximum atomic E-state index is 13.1. The van der Waals surface area contributed by atoms with Crippen LogP contribution in [0.2, 0.25) is 0 Å². The lowest BCUT2D eigenvalue weighted by Gasteiger charge is -2.32. The second-order valence-electron chi connectivity index (χ2n) is 8.12. The zero-order valence-corrected chi connectivity index (χ0v) is 17.5. The number of amides is 1. The van der Waals surface area contributed by atoms with Crippen molar-refractivity contribution >= 4 is 22.7 Å². The predicted octanol–water partition coefficient (Wildman–Crippen LogP) is 3.93. The van der Waals surface area contributed by atoms with E-state index in [0.717, 1.165) is 47.5 Å². The van der Waals surface area contributed by atoms with Crippen LogP contribution in [0, 0.1) is 0 Å². The van der Waals surface area contributed by atoms with Gasteiger partial charge in [-0.15, -0.1) is 0 Å². The number of piperidine rings is 1. The summed E-state index contributed by atoms with van der Waals surface area (Å²) < 4.78 is 11.1. The topological polar surface area (TPSA) is 77.2 Å². The quantitative estimate of drug-likeness (QED) is 0.626. The molecule has 31 heavy (non-hydrogen) atoms. The van der Waals surface area contributed by atoms with Crippen molar-refractivity contribution in [3.8, 4) is 5.75 Å². The number of benzene rings is 2. The van der Waals surface area contributed by atoms with E-state index in [-0.39, 0.29) is 11.8 Å². The van der Waals surface area contributed by atoms with Gasteiger partial charge in [0.1, 0.15) is 11.3 Å². The first-order chi connectivity index (χ1) is 15.2. The highest BCUT2D eigenvalue weighted by Gasteiger charge is 2.35. The molecule has 2 aliphatic rings. The van der Waals surface area contributed by atoms with Gasteiger partial charge in [0, 0.05) is 25.9 Å². The number of nitrogens with zero attached hydrogens (tertiary/aromatic N) is 3. The molecule has 160 valence electrons. The Labute approximate surface area is 180 Å². The van der Waals surface area contributed by atoms with Crippen LogP contribution in [0.25, 0.3) is 11.1 Å². The van der Waals surface area contributed by atoms with E-state index in [9.17, 15) is 4.79 Å². The standard InChI is InChI=1S/C24H25N3O4/c1-29-19-10-8-16(9-11-19)13-18-14-22(31-26-18)24(28)27-12-4-5-17(15-27)23-25-20-6-2-3-7-21(20)30-23/h2-3,6-11,17,22H,4-5,12-15H2,1H3. The molecular formula is C24H25N3O4. The van der Waals surface area contributed by atoms with E-state index in [4.69, 9.17) is 14.0 Å². The zero-order chi connectivity index (χ0) is 21.2. The number of aromatic nitrogens is 1. The minimum Gasteiger partial charge on any atom is -0.497 e. The molecular weight excluding hydrogens is 394 g/mol. The molecule has 1 saturated heterocycles. The normalized spacial score (nSPS) is 21.1. The molecule has 0 saturated carbocycles. The Morgan fingerprint density at radius 1 is 1.19 bits per heavy atom. The van der Waals surface area contributed by atoms with Gasteiger partial charge in [-0.05, 0) is 42.7 Å². The van der Waals surface area contributed by atoms with Crippen LogP contribution in [-0.2, 0) is 16.1 Å². The third kappa shape index (κ3) is 4.13. The highest BCUT2D eigenvalue weighted by atomic mass is 16.6. The largest absolute Gasteiger partial charge is 0.497 e. The molecule has 3 heterocycles. The Morgan fingerprint density at radius 3 is 2.84 bits per heavy atom. The van der Waals surface area contributed by atoms with Gasteiger partial charge in [-0.1, -0.05) is 29.4 Å². The van der Waals surface area contributed by atoms with Crippen LogP contribution in [0.15, 0.2) is 58.1 Å². The maximum Gasteiger partial charge on any atom is 0.266 e. The number of oxime groups is 1. The van der Waals surface area contributed by atoms with Crippen molar-refractivity contribution in [3.05, 3.63) is 60.0 Å². The fraction of sp³-hybridized carbons (Fsp3) is 0.375. The third-order valence-electron chi connectivity index (χ3n) is 5.97. The lowest BCUT2D eigenvalue weighted by Crippen LogP contribution is -2.44. The van der Waals surface area contributed by atoms with Crippen LogP contribution in [0.3, 0.4) is 0 Å². The first-order valence-electron chi connectivity index (χ1n) is 10.7. The Balaban J connectivity index is 1.20. The molecule has 0 spiro atoms. The summed E-state index contributed by atoms with van der Waals surface area (Å²) in [7, 11) is 1.65. The fourth-order valence-corrected chi connectivity index (χ4v) is 4.29. The Morgan fingerprint density at radius 2 is 2.03 bits per heavy atom. The van der Waals surface area contributed by atoms with Crippen LogP contribution in [0.4, 0.5) is 0 Å². The molecule has 0 bridgehead atoms. The number of fused-ring (bicyclic) bond motifs is 1. The molecule has 1 fully saturated rings. The summed E-state index contributed by atoms with van der Waals surface area (Å²) in [4.78, 5) is 25.1. The van der Waals surface area contributed by atoms with Gasteiger partial charge >= 0.3 is 0 Å². The molecule has 2 unspecified atom stereocenters. The second-order valence-corrected chi connectivity index (χ2v) is 8.12. The van der Waals surface area contributed by atoms with E-state index in [1.807, 2.05) is 53.4 Å². The van der Waals surface area contributed by atoms with Gasteiger partial charge in [0.05, 0.1) is 18.7 Å². The van der Waals surface area contributed by atoms with Gasteiger partial charge in [-0.2, -0.15) is 0 Å². The molecule has 1 aromatic heterocycles. The number of carbonyl (C=O) groups is 1. The number of ether oxygens (including phenoxy) is 1. The molecule has 0 N–H and O–H groups in total. The molecule has 1 amide bonds. The second kappa shape index (κ2) is 8.41. The van der Waals surface area contributed by atoms with Crippen molar-refractivity contribution in [2.45, 2.75) is 37.7 Å². The summed E-state index contributed by atoms with van der Waals surface area (Å²) in [5.74, 6) is 1.63. The van der Waals surface area contributed by atoms with Crippen molar-refractivity contribution in [1.82, 2.24) is 9.88 Å². The van der Waals surface area contributed by atoms with Gasteiger partial charge < -0.3 is 18.9 Å². The lowest BCUT2D eigenvalue weighted by molar-refractivity contribution is -0.143. The maximum absolute atomic E-state index is 13.1. The molecule has 0 aliphatic carbocycles. The zero-order valence-electron chi connectivity index (χ0n) is 17.5. The summed E-state index contributed by atoms with van der Waals surface area (Å²) in [5.41, 5.74) is 3.65.